The average Bonchev–Trinajstić information content (AvgIpc) is 2.72. The molecule has 0 spiro atoms. The molecule has 1 rings (SSSR count). The van der Waals surface area contributed by atoms with Crippen molar-refractivity contribution in [2.75, 3.05) is 19.8 Å². The van der Waals surface area contributed by atoms with Crippen molar-refractivity contribution in [1.29, 1.82) is 0 Å². The number of hydrogen-bond donors (Lipinski definition) is 0. The zero-order valence-corrected chi connectivity index (χ0v) is 10.8. The van der Waals surface area contributed by atoms with E-state index < -0.39 is 8.80 Å². The highest BCUT2D eigenvalue weighted by molar-refractivity contribution is 6.69. The Morgan fingerprint density at radius 3 is 1.93 bits per heavy atom. The van der Waals surface area contributed by atoms with Crippen LogP contribution in [-0.2, 0) is 13.3 Å². The van der Waals surface area contributed by atoms with Gasteiger partial charge in [-0.25, -0.2) is 0 Å². The molecule has 4 heteroatoms. The SMILES string of the molecule is CCO[Si](OCC)(OCC)C1=CC=CC1. The van der Waals surface area contributed by atoms with E-state index in [9.17, 15) is 0 Å². The predicted octanol–water partition coefficient (Wildman–Crippen LogP) is 2.46. The Morgan fingerprint density at radius 1 is 1.07 bits per heavy atom. The lowest BCUT2D eigenvalue weighted by Crippen LogP contribution is -2.48. The van der Waals surface area contributed by atoms with Crippen molar-refractivity contribution in [2.24, 2.45) is 0 Å². The maximum atomic E-state index is 5.78. The first-order chi connectivity index (χ1) is 7.29. The fourth-order valence-corrected chi connectivity index (χ4v) is 4.26. The van der Waals surface area contributed by atoms with Gasteiger partial charge in [-0.2, -0.15) is 0 Å². The molecule has 15 heavy (non-hydrogen) atoms. The van der Waals surface area contributed by atoms with Crippen LogP contribution in [0.15, 0.2) is 23.4 Å². The third kappa shape index (κ3) is 3.01. The van der Waals surface area contributed by atoms with Crippen molar-refractivity contribution in [3.05, 3.63) is 23.4 Å². The molecule has 1 aliphatic rings. The molecule has 1 aliphatic carbocycles. The lowest BCUT2D eigenvalue weighted by molar-refractivity contribution is 0.0803. The van der Waals surface area contributed by atoms with E-state index in [1.807, 2.05) is 26.8 Å². The molecule has 0 saturated heterocycles. The van der Waals surface area contributed by atoms with Gasteiger partial charge in [0.1, 0.15) is 0 Å². The van der Waals surface area contributed by atoms with Crippen LogP contribution in [0.4, 0.5) is 0 Å². The Bertz CT molecular complexity index is 231. The Labute approximate surface area is 93.1 Å². The van der Waals surface area contributed by atoms with Crippen molar-refractivity contribution in [1.82, 2.24) is 0 Å². The zero-order valence-electron chi connectivity index (χ0n) is 9.79. The second-order valence-electron chi connectivity index (χ2n) is 3.18. The Hall–Kier alpha value is -0.423. The van der Waals surface area contributed by atoms with Crippen molar-refractivity contribution in [3.8, 4) is 0 Å². The van der Waals surface area contributed by atoms with E-state index in [1.165, 1.54) is 5.20 Å². The van der Waals surface area contributed by atoms with Gasteiger partial charge in [-0.15, -0.1) is 0 Å². The van der Waals surface area contributed by atoms with Gasteiger partial charge >= 0.3 is 8.80 Å². The van der Waals surface area contributed by atoms with E-state index in [2.05, 4.69) is 12.2 Å². The van der Waals surface area contributed by atoms with Crippen LogP contribution in [0, 0.1) is 0 Å². The van der Waals surface area contributed by atoms with Crippen LogP contribution in [0.1, 0.15) is 27.2 Å². The van der Waals surface area contributed by atoms with Gasteiger partial charge < -0.3 is 13.3 Å². The number of allylic oxidation sites excluding steroid dienone is 4. The first-order valence-electron chi connectivity index (χ1n) is 5.57. The minimum absolute atomic E-state index is 0.629. The fourth-order valence-electron chi connectivity index (χ4n) is 1.65. The third-order valence-electron chi connectivity index (χ3n) is 2.17. The summed E-state index contributed by atoms with van der Waals surface area (Å²) in [7, 11) is -2.56. The van der Waals surface area contributed by atoms with Crippen LogP contribution in [0.2, 0.25) is 0 Å². The highest BCUT2D eigenvalue weighted by Gasteiger charge is 2.44. The van der Waals surface area contributed by atoms with Crippen LogP contribution in [0.5, 0.6) is 0 Å². The molecule has 0 aromatic heterocycles. The molecule has 0 N–H and O–H groups in total. The molecule has 0 aromatic rings. The molecule has 0 bridgehead atoms. The van der Waals surface area contributed by atoms with Gasteiger partial charge in [0.2, 0.25) is 0 Å². The van der Waals surface area contributed by atoms with E-state index in [0.717, 1.165) is 6.42 Å². The summed E-state index contributed by atoms with van der Waals surface area (Å²) in [6.45, 7) is 7.81. The van der Waals surface area contributed by atoms with Crippen molar-refractivity contribution >= 4 is 8.80 Å². The molecular formula is C11H20O3Si. The third-order valence-corrected chi connectivity index (χ3v) is 5.33. The van der Waals surface area contributed by atoms with Crippen molar-refractivity contribution in [3.63, 3.8) is 0 Å². The summed E-state index contributed by atoms with van der Waals surface area (Å²) in [6.07, 6.45) is 7.10. The molecule has 3 nitrogen and oxygen atoms in total. The van der Waals surface area contributed by atoms with E-state index in [0.29, 0.717) is 19.8 Å². The molecule has 0 unspecified atom stereocenters. The average molecular weight is 228 g/mol. The minimum Gasteiger partial charge on any atom is -0.370 e. The topological polar surface area (TPSA) is 27.7 Å². The Balaban J connectivity index is 2.79. The van der Waals surface area contributed by atoms with Gasteiger partial charge in [-0.05, 0) is 27.2 Å². The van der Waals surface area contributed by atoms with Gasteiger partial charge in [0.15, 0.2) is 0 Å². The van der Waals surface area contributed by atoms with Crippen LogP contribution in [-0.4, -0.2) is 28.6 Å². The second kappa shape index (κ2) is 6.22. The molecule has 0 radical (unpaired) electrons. The van der Waals surface area contributed by atoms with Crippen LogP contribution >= 0.6 is 0 Å². The van der Waals surface area contributed by atoms with Crippen LogP contribution < -0.4 is 0 Å². The largest absolute Gasteiger partial charge is 0.533 e. The summed E-state index contributed by atoms with van der Waals surface area (Å²) in [6, 6.07) is 0. The van der Waals surface area contributed by atoms with Crippen LogP contribution in [0.3, 0.4) is 0 Å². The monoisotopic (exact) mass is 228 g/mol. The van der Waals surface area contributed by atoms with Gasteiger partial charge in [0, 0.05) is 25.0 Å². The van der Waals surface area contributed by atoms with Crippen molar-refractivity contribution in [2.45, 2.75) is 27.2 Å². The lowest BCUT2D eigenvalue weighted by Gasteiger charge is -2.29. The molecule has 0 heterocycles. The predicted molar refractivity (Wildman–Crippen MR) is 62.5 cm³/mol. The first kappa shape index (κ1) is 12.6. The molecule has 0 atom stereocenters. The summed E-state index contributed by atoms with van der Waals surface area (Å²) in [5, 5.41) is 1.17. The van der Waals surface area contributed by atoms with Gasteiger partial charge in [0.05, 0.1) is 0 Å². The van der Waals surface area contributed by atoms with Gasteiger partial charge in [0.25, 0.3) is 0 Å². The van der Waals surface area contributed by atoms with Gasteiger partial charge in [-0.1, -0.05) is 18.2 Å². The second-order valence-corrected chi connectivity index (χ2v) is 5.80. The van der Waals surface area contributed by atoms with E-state index in [4.69, 9.17) is 13.3 Å². The fraction of sp³-hybridized carbons (Fsp3) is 0.636. The minimum atomic E-state index is -2.56. The maximum absolute atomic E-state index is 5.78. The molecule has 0 fully saturated rings. The molecule has 0 saturated carbocycles. The first-order valence-corrected chi connectivity index (χ1v) is 7.29. The number of rotatable bonds is 7. The summed E-state index contributed by atoms with van der Waals surface area (Å²) in [4.78, 5) is 0. The summed E-state index contributed by atoms with van der Waals surface area (Å²) >= 11 is 0. The van der Waals surface area contributed by atoms with Gasteiger partial charge in [-0.3, -0.25) is 0 Å². The van der Waals surface area contributed by atoms with Crippen molar-refractivity contribution < 1.29 is 13.3 Å². The smallest absolute Gasteiger partial charge is 0.370 e. The molecular weight excluding hydrogens is 208 g/mol. The highest BCUT2D eigenvalue weighted by atomic mass is 28.4. The lowest BCUT2D eigenvalue weighted by atomic mass is 10.5. The molecule has 0 aliphatic heterocycles. The maximum Gasteiger partial charge on any atom is 0.533 e. The summed E-state index contributed by atoms with van der Waals surface area (Å²) in [5.41, 5.74) is 0. The molecule has 0 amide bonds. The quantitative estimate of drug-likeness (QED) is 0.626. The zero-order chi connectivity index (χ0) is 11.1. The Kier molecular flexibility index (Phi) is 5.25. The normalized spacial score (nSPS) is 15.8. The van der Waals surface area contributed by atoms with Crippen LogP contribution in [0.25, 0.3) is 0 Å². The molecule has 86 valence electrons. The Morgan fingerprint density at radius 2 is 1.60 bits per heavy atom. The summed E-state index contributed by atoms with van der Waals surface area (Å²) < 4.78 is 17.3. The van der Waals surface area contributed by atoms with E-state index in [1.54, 1.807) is 0 Å². The summed E-state index contributed by atoms with van der Waals surface area (Å²) in [5.74, 6) is 0. The highest BCUT2D eigenvalue weighted by Crippen LogP contribution is 2.26. The van der Waals surface area contributed by atoms with E-state index in [-0.39, 0.29) is 0 Å². The molecule has 0 aromatic carbocycles. The standard InChI is InChI=1S/C11H20O3Si/c1-4-12-15(13-5-2,14-6-3)11-9-7-8-10-11/h7-9H,4-6,10H2,1-3H3. The van der Waals surface area contributed by atoms with E-state index >= 15 is 0 Å². The number of hydrogen-bond acceptors (Lipinski definition) is 3.